The first-order chi connectivity index (χ1) is 8.74. The van der Waals surface area contributed by atoms with Crippen LogP contribution in [0.25, 0.3) is 0 Å². The summed E-state index contributed by atoms with van der Waals surface area (Å²) in [6, 6.07) is 10.3. The number of hydrogen-bond donors (Lipinski definition) is 1. The minimum atomic E-state index is 0.278. The van der Waals surface area contributed by atoms with Crippen LogP contribution in [0.15, 0.2) is 30.3 Å². The molecule has 0 saturated heterocycles. The molecule has 0 aliphatic heterocycles. The second-order valence-corrected chi connectivity index (χ2v) is 5.59. The average molecular weight is 247 g/mol. The lowest BCUT2D eigenvalue weighted by Crippen LogP contribution is -2.29. The summed E-state index contributed by atoms with van der Waals surface area (Å²) in [7, 11) is 0. The lowest BCUT2D eigenvalue weighted by atomic mass is 9.88. The van der Waals surface area contributed by atoms with Crippen LogP contribution in [0.3, 0.4) is 0 Å². The van der Waals surface area contributed by atoms with Crippen LogP contribution < -0.4 is 5.32 Å². The molecule has 0 amide bonds. The quantitative estimate of drug-likeness (QED) is 0.846. The van der Waals surface area contributed by atoms with Gasteiger partial charge in [0, 0.05) is 12.2 Å². The number of ether oxygens (including phenoxy) is 1. The van der Waals surface area contributed by atoms with Crippen molar-refractivity contribution in [3.05, 3.63) is 30.3 Å². The highest BCUT2D eigenvalue weighted by molar-refractivity contribution is 5.42. The molecule has 0 radical (unpaired) electrons. The van der Waals surface area contributed by atoms with Gasteiger partial charge in [-0.05, 0) is 37.8 Å². The Morgan fingerprint density at radius 2 is 2.06 bits per heavy atom. The summed E-state index contributed by atoms with van der Waals surface area (Å²) in [5.74, 6) is 0.832. The maximum Gasteiger partial charge on any atom is 0.0723 e. The summed E-state index contributed by atoms with van der Waals surface area (Å²) in [4.78, 5) is 0. The SMILES string of the molecule is CC1CCCC(OC(C)CNc2ccccc2)C1. The summed E-state index contributed by atoms with van der Waals surface area (Å²) in [5, 5.41) is 3.42. The fourth-order valence-corrected chi connectivity index (χ4v) is 2.70. The molecule has 2 nitrogen and oxygen atoms in total. The van der Waals surface area contributed by atoms with Crippen molar-refractivity contribution in [2.75, 3.05) is 11.9 Å². The van der Waals surface area contributed by atoms with Crippen molar-refractivity contribution < 1.29 is 4.74 Å². The molecular weight excluding hydrogens is 222 g/mol. The highest BCUT2D eigenvalue weighted by atomic mass is 16.5. The van der Waals surface area contributed by atoms with Crippen LogP contribution in [-0.2, 0) is 4.74 Å². The summed E-state index contributed by atoms with van der Waals surface area (Å²) in [6.07, 6.45) is 5.92. The van der Waals surface area contributed by atoms with Gasteiger partial charge in [-0.3, -0.25) is 0 Å². The third kappa shape index (κ3) is 4.34. The van der Waals surface area contributed by atoms with Gasteiger partial charge < -0.3 is 10.1 Å². The van der Waals surface area contributed by atoms with Crippen LogP contribution >= 0.6 is 0 Å². The van der Waals surface area contributed by atoms with Crippen molar-refractivity contribution in [3.63, 3.8) is 0 Å². The zero-order valence-electron chi connectivity index (χ0n) is 11.6. The van der Waals surface area contributed by atoms with Crippen molar-refractivity contribution in [2.24, 2.45) is 5.92 Å². The molecule has 0 bridgehead atoms. The van der Waals surface area contributed by atoms with E-state index in [1.807, 2.05) is 6.07 Å². The Morgan fingerprint density at radius 1 is 1.28 bits per heavy atom. The Hall–Kier alpha value is -1.02. The molecule has 1 N–H and O–H groups in total. The molecule has 1 aromatic carbocycles. The number of para-hydroxylation sites is 1. The van der Waals surface area contributed by atoms with Crippen LogP contribution in [0.5, 0.6) is 0 Å². The van der Waals surface area contributed by atoms with Gasteiger partial charge in [-0.2, -0.15) is 0 Å². The van der Waals surface area contributed by atoms with Crippen molar-refractivity contribution in [1.29, 1.82) is 0 Å². The zero-order valence-corrected chi connectivity index (χ0v) is 11.6. The summed E-state index contributed by atoms with van der Waals surface area (Å²) in [6.45, 7) is 5.38. The first kappa shape index (κ1) is 13.4. The van der Waals surface area contributed by atoms with Gasteiger partial charge in [0.2, 0.25) is 0 Å². The Bertz CT molecular complexity index is 338. The van der Waals surface area contributed by atoms with Gasteiger partial charge in [0.25, 0.3) is 0 Å². The smallest absolute Gasteiger partial charge is 0.0723 e. The number of rotatable bonds is 5. The standard InChI is InChI=1S/C16H25NO/c1-13-7-6-10-16(11-13)18-14(2)12-17-15-8-4-3-5-9-15/h3-5,8-9,13-14,16-17H,6-7,10-12H2,1-2H3. The number of nitrogens with one attached hydrogen (secondary N) is 1. The Balaban J connectivity index is 1.70. The fourth-order valence-electron chi connectivity index (χ4n) is 2.70. The minimum Gasteiger partial charge on any atom is -0.382 e. The van der Waals surface area contributed by atoms with E-state index in [2.05, 4.69) is 43.4 Å². The summed E-state index contributed by atoms with van der Waals surface area (Å²) in [5.41, 5.74) is 1.17. The monoisotopic (exact) mass is 247 g/mol. The lowest BCUT2D eigenvalue weighted by Gasteiger charge is -2.29. The molecule has 100 valence electrons. The van der Waals surface area contributed by atoms with Crippen LogP contribution in [0, 0.1) is 5.92 Å². The van der Waals surface area contributed by atoms with Gasteiger partial charge in [0.1, 0.15) is 0 Å². The average Bonchev–Trinajstić information content (AvgIpc) is 2.38. The molecule has 3 atom stereocenters. The molecule has 1 saturated carbocycles. The fraction of sp³-hybridized carbons (Fsp3) is 0.625. The van der Waals surface area contributed by atoms with E-state index in [0.29, 0.717) is 6.10 Å². The van der Waals surface area contributed by atoms with E-state index < -0.39 is 0 Å². The van der Waals surface area contributed by atoms with Gasteiger partial charge >= 0.3 is 0 Å². The Morgan fingerprint density at radius 3 is 2.78 bits per heavy atom. The molecular formula is C16H25NO. The molecule has 1 aliphatic rings. The predicted octanol–water partition coefficient (Wildman–Crippen LogP) is 4.08. The zero-order chi connectivity index (χ0) is 12.8. The van der Waals surface area contributed by atoms with E-state index >= 15 is 0 Å². The lowest BCUT2D eigenvalue weighted by molar-refractivity contribution is -0.0242. The topological polar surface area (TPSA) is 21.3 Å². The highest BCUT2D eigenvalue weighted by Gasteiger charge is 2.20. The minimum absolute atomic E-state index is 0.278. The molecule has 1 fully saturated rings. The maximum atomic E-state index is 6.12. The Labute approximate surface area is 111 Å². The van der Waals surface area contributed by atoms with Crippen molar-refractivity contribution >= 4 is 5.69 Å². The van der Waals surface area contributed by atoms with E-state index in [-0.39, 0.29) is 6.10 Å². The van der Waals surface area contributed by atoms with E-state index in [4.69, 9.17) is 4.74 Å². The predicted molar refractivity (Wildman–Crippen MR) is 76.9 cm³/mol. The van der Waals surface area contributed by atoms with E-state index in [1.54, 1.807) is 0 Å². The second kappa shape index (κ2) is 6.79. The third-order valence-electron chi connectivity index (χ3n) is 3.68. The molecule has 1 aromatic rings. The number of anilines is 1. The number of benzene rings is 1. The van der Waals surface area contributed by atoms with Gasteiger partial charge in [-0.15, -0.1) is 0 Å². The van der Waals surface area contributed by atoms with E-state index in [0.717, 1.165) is 12.5 Å². The third-order valence-corrected chi connectivity index (χ3v) is 3.68. The molecule has 2 heteroatoms. The van der Waals surface area contributed by atoms with E-state index in [9.17, 15) is 0 Å². The van der Waals surface area contributed by atoms with E-state index in [1.165, 1.54) is 31.4 Å². The molecule has 0 heterocycles. The summed E-state index contributed by atoms with van der Waals surface area (Å²) < 4.78 is 6.12. The molecule has 0 aromatic heterocycles. The van der Waals surface area contributed by atoms with Gasteiger partial charge in [-0.25, -0.2) is 0 Å². The van der Waals surface area contributed by atoms with Crippen molar-refractivity contribution in [1.82, 2.24) is 0 Å². The molecule has 2 rings (SSSR count). The molecule has 0 spiro atoms. The largest absolute Gasteiger partial charge is 0.382 e. The first-order valence-electron chi connectivity index (χ1n) is 7.18. The number of hydrogen-bond acceptors (Lipinski definition) is 2. The summed E-state index contributed by atoms with van der Waals surface area (Å²) >= 11 is 0. The molecule has 3 unspecified atom stereocenters. The van der Waals surface area contributed by atoms with Crippen LogP contribution in [0.1, 0.15) is 39.5 Å². The highest BCUT2D eigenvalue weighted by Crippen LogP contribution is 2.26. The Kier molecular flexibility index (Phi) is 5.06. The van der Waals surface area contributed by atoms with Gasteiger partial charge in [0.05, 0.1) is 12.2 Å². The molecule has 1 aliphatic carbocycles. The van der Waals surface area contributed by atoms with Crippen LogP contribution in [0.4, 0.5) is 5.69 Å². The van der Waals surface area contributed by atoms with Gasteiger partial charge in [0.15, 0.2) is 0 Å². The second-order valence-electron chi connectivity index (χ2n) is 5.59. The van der Waals surface area contributed by atoms with Gasteiger partial charge in [-0.1, -0.05) is 38.0 Å². The normalized spacial score (nSPS) is 25.7. The molecule has 18 heavy (non-hydrogen) atoms. The van der Waals surface area contributed by atoms with Crippen molar-refractivity contribution in [2.45, 2.75) is 51.7 Å². The van der Waals surface area contributed by atoms with Crippen molar-refractivity contribution in [3.8, 4) is 0 Å². The van der Waals surface area contributed by atoms with Crippen LogP contribution in [0.2, 0.25) is 0 Å². The first-order valence-corrected chi connectivity index (χ1v) is 7.18. The maximum absolute atomic E-state index is 6.12. The van der Waals surface area contributed by atoms with Crippen LogP contribution in [-0.4, -0.2) is 18.8 Å².